The number of anilines is 1. The van der Waals surface area contributed by atoms with E-state index in [1.807, 2.05) is 6.07 Å². The maximum atomic E-state index is 5.55. The standard InChI is InChI=1S/C20H25N3S/c1-15-8-7-13-18(14-15)21-19(16-9-3-2-4-10-16)23-20(24)22-17-11-5-6-12-17/h2-4,7-10,13-14,17,19,21H,5-6,11-12H2,1H3,(H2,22,23,24). The minimum atomic E-state index is -0.0607. The molecule has 2 aromatic carbocycles. The lowest BCUT2D eigenvalue weighted by Crippen LogP contribution is -2.44. The Kier molecular flexibility index (Phi) is 5.70. The van der Waals surface area contributed by atoms with Crippen LogP contribution in [0.1, 0.15) is 43.0 Å². The molecule has 1 fully saturated rings. The van der Waals surface area contributed by atoms with E-state index < -0.39 is 0 Å². The maximum Gasteiger partial charge on any atom is 0.168 e. The number of rotatable bonds is 5. The van der Waals surface area contributed by atoms with Crippen molar-refractivity contribution in [2.45, 2.75) is 44.8 Å². The minimum absolute atomic E-state index is 0.0607. The topological polar surface area (TPSA) is 36.1 Å². The highest BCUT2D eigenvalue weighted by molar-refractivity contribution is 7.80. The van der Waals surface area contributed by atoms with Gasteiger partial charge in [-0.25, -0.2) is 0 Å². The quantitative estimate of drug-likeness (QED) is 0.553. The molecule has 3 nitrogen and oxygen atoms in total. The van der Waals surface area contributed by atoms with Crippen molar-refractivity contribution < 1.29 is 0 Å². The Balaban J connectivity index is 1.71. The summed E-state index contributed by atoms with van der Waals surface area (Å²) in [7, 11) is 0. The lowest BCUT2D eigenvalue weighted by atomic mass is 10.1. The fourth-order valence-electron chi connectivity index (χ4n) is 3.18. The molecule has 2 aromatic rings. The van der Waals surface area contributed by atoms with Crippen molar-refractivity contribution in [2.24, 2.45) is 0 Å². The highest BCUT2D eigenvalue weighted by Gasteiger charge is 2.18. The molecule has 0 aromatic heterocycles. The van der Waals surface area contributed by atoms with Crippen molar-refractivity contribution in [1.82, 2.24) is 10.6 Å². The zero-order valence-corrected chi connectivity index (χ0v) is 14.9. The second-order valence-electron chi connectivity index (χ2n) is 6.46. The Bertz CT molecular complexity index is 666. The van der Waals surface area contributed by atoms with Crippen LogP contribution in [0.5, 0.6) is 0 Å². The molecule has 1 saturated carbocycles. The Morgan fingerprint density at radius 1 is 1.04 bits per heavy atom. The fourth-order valence-corrected chi connectivity index (χ4v) is 3.46. The second kappa shape index (κ2) is 8.15. The number of hydrogen-bond acceptors (Lipinski definition) is 2. The zero-order valence-electron chi connectivity index (χ0n) is 14.1. The third kappa shape index (κ3) is 4.71. The minimum Gasteiger partial charge on any atom is -0.362 e. The molecular weight excluding hydrogens is 314 g/mol. The number of thiocarbonyl (C=S) groups is 1. The predicted octanol–water partition coefficient (Wildman–Crippen LogP) is 4.51. The van der Waals surface area contributed by atoms with Crippen molar-refractivity contribution in [2.75, 3.05) is 5.32 Å². The molecule has 1 unspecified atom stereocenters. The van der Waals surface area contributed by atoms with Gasteiger partial charge in [-0.05, 0) is 55.2 Å². The molecule has 24 heavy (non-hydrogen) atoms. The van der Waals surface area contributed by atoms with Crippen LogP contribution in [0.4, 0.5) is 5.69 Å². The molecule has 4 heteroatoms. The van der Waals surface area contributed by atoms with E-state index in [4.69, 9.17) is 12.2 Å². The largest absolute Gasteiger partial charge is 0.362 e. The van der Waals surface area contributed by atoms with E-state index in [2.05, 4.69) is 71.4 Å². The highest BCUT2D eigenvalue weighted by atomic mass is 32.1. The van der Waals surface area contributed by atoms with Gasteiger partial charge in [-0.2, -0.15) is 0 Å². The molecule has 126 valence electrons. The van der Waals surface area contributed by atoms with Crippen LogP contribution >= 0.6 is 12.2 Å². The van der Waals surface area contributed by atoms with Gasteiger partial charge in [-0.15, -0.1) is 0 Å². The van der Waals surface area contributed by atoms with Crippen LogP contribution in [0.2, 0.25) is 0 Å². The van der Waals surface area contributed by atoms with E-state index in [0.29, 0.717) is 6.04 Å². The van der Waals surface area contributed by atoms with Crippen LogP contribution in [-0.4, -0.2) is 11.2 Å². The summed E-state index contributed by atoms with van der Waals surface area (Å²) in [6.07, 6.45) is 4.95. The smallest absolute Gasteiger partial charge is 0.168 e. The summed E-state index contributed by atoms with van der Waals surface area (Å²) in [6, 6.07) is 19.3. The van der Waals surface area contributed by atoms with E-state index >= 15 is 0 Å². The zero-order chi connectivity index (χ0) is 16.8. The number of benzene rings is 2. The summed E-state index contributed by atoms with van der Waals surface area (Å²) in [5, 5.41) is 11.2. The van der Waals surface area contributed by atoms with Crippen molar-refractivity contribution >= 4 is 23.0 Å². The molecular formula is C20H25N3S. The lowest BCUT2D eigenvalue weighted by Gasteiger charge is -2.25. The second-order valence-corrected chi connectivity index (χ2v) is 6.86. The van der Waals surface area contributed by atoms with Gasteiger partial charge in [0, 0.05) is 11.7 Å². The molecule has 0 bridgehead atoms. The molecule has 0 heterocycles. The van der Waals surface area contributed by atoms with Gasteiger partial charge in [0.05, 0.1) is 0 Å². The Morgan fingerprint density at radius 2 is 1.79 bits per heavy atom. The van der Waals surface area contributed by atoms with Crippen molar-refractivity contribution in [3.63, 3.8) is 0 Å². The highest BCUT2D eigenvalue weighted by Crippen LogP contribution is 2.20. The maximum absolute atomic E-state index is 5.55. The van der Waals surface area contributed by atoms with E-state index in [1.165, 1.54) is 31.2 Å². The Hall–Kier alpha value is -2.07. The first-order valence-corrected chi connectivity index (χ1v) is 9.07. The average Bonchev–Trinajstić information content (AvgIpc) is 3.08. The summed E-state index contributed by atoms with van der Waals surface area (Å²) in [5.74, 6) is 0. The van der Waals surface area contributed by atoms with Gasteiger partial charge in [0.15, 0.2) is 5.11 Å². The Morgan fingerprint density at radius 3 is 2.50 bits per heavy atom. The average molecular weight is 340 g/mol. The number of aryl methyl sites for hydroxylation is 1. The first-order chi connectivity index (χ1) is 11.7. The van der Waals surface area contributed by atoms with Gasteiger partial charge in [-0.3, -0.25) is 0 Å². The monoisotopic (exact) mass is 339 g/mol. The molecule has 1 atom stereocenters. The molecule has 3 N–H and O–H groups in total. The van der Waals surface area contributed by atoms with Crippen LogP contribution in [-0.2, 0) is 0 Å². The lowest BCUT2D eigenvalue weighted by molar-refractivity contribution is 0.608. The predicted molar refractivity (Wildman–Crippen MR) is 105 cm³/mol. The SMILES string of the molecule is Cc1cccc(NC(NC(=S)NC2CCCC2)c2ccccc2)c1. The summed E-state index contributed by atoms with van der Waals surface area (Å²) in [5.41, 5.74) is 3.48. The molecule has 3 rings (SSSR count). The van der Waals surface area contributed by atoms with Crippen molar-refractivity contribution in [1.29, 1.82) is 0 Å². The van der Waals surface area contributed by atoms with E-state index in [-0.39, 0.29) is 6.17 Å². The van der Waals surface area contributed by atoms with Crippen LogP contribution < -0.4 is 16.0 Å². The van der Waals surface area contributed by atoms with Crippen molar-refractivity contribution in [3.05, 3.63) is 65.7 Å². The summed E-state index contributed by atoms with van der Waals surface area (Å²) < 4.78 is 0. The van der Waals surface area contributed by atoms with Crippen LogP contribution in [0.15, 0.2) is 54.6 Å². The fraction of sp³-hybridized carbons (Fsp3) is 0.350. The molecule has 1 aliphatic carbocycles. The Labute approximate surface area is 149 Å². The van der Waals surface area contributed by atoms with Gasteiger partial charge >= 0.3 is 0 Å². The summed E-state index contributed by atoms with van der Waals surface area (Å²) >= 11 is 5.55. The van der Waals surface area contributed by atoms with E-state index in [0.717, 1.165) is 16.4 Å². The number of nitrogens with one attached hydrogen (secondary N) is 3. The van der Waals surface area contributed by atoms with Crippen molar-refractivity contribution in [3.8, 4) is 0 Å². The van der Waals surface area contributed by atoms with E-state index in [1.54, 1.807) is 0 Å². The molecule has 0 spiro atoms. The van der Waals surface area contributed by atoms with Gasteiger partial charge in [0.1, 0.15) is 6.17 Å². The first-order valence-electron chi connectivity index (χ1n) is 8.66. The normalized spacial score (nSPS) is 15.7. The molecule has 1 aliphatic rings. The summed E-state index contributed by atoms with van der Waals surface area (Å²) in [4.78, 5) is 0. The third-order valence-corrected chi connectivity index (χ3v) is 4.66. The van der Waals surface area contributed by atoms with Gasteiger partial charge < -0.3 is 16.0 Å². The van der Waals surface area contributed by atoms with Crippen LogP contribution in [0, 0.1) is 6.92 Å². The van der Waals surface area contributed by atoms with Gasteiger partial charge in [0.25, 0.3) is 0 Å². The van der Waals surface area contributed by atoms with E-state index in [9.17, 15) is 0 Å². The summed E-state index contributed by atoms with van der Waals surface area (Å²) in [6.45, 7) is 2.10. The van der Waals surface area contributed by atoms with Crippen LogP contribution in [0.25, 0.3) is 0 Å². The molecule has 0 saturated heterocycles. The van der Waals surface area contributed by atoms with Gasteiger partial charge in [0.2, 0.25) is 0 Å². The third-order valence-electron chi connectivity index (χ3n) is 4.43. The number of hydrogen-bond donors (Lipinski definition) is 3. The first kappa shape index (κ1) is 16.8. The molecule has 0 amide bonds. The molecule has 0 radical (unpaired) electrons. The van der Waals surface area contributed by atoms with Gasteiger partial charge in [-0.1, -0.05) is 55.3 Å². The van der Waals surface area contributed by atoms with Crippen LogP contribution in [0.3, 0.4) is 0 Å². The molecule has 0 aliphatic heterocycles.